The van der Waals surface area contributed by atoms with E-state index in [1.807, 2.05) is 30.3 Å². The topological polar surface area (TPSA) is 20.2 Å². The number of aliphatic hydroxyl groups excluding tert-OH is 1. The molecule has 0 aliphatic heterocycles. The van der Waals surface area contributed by atoms with Crippen molar-refractivity contribution in [3.05, 3.63) is 48.6 Å². The number of halogens is 1. The van der Waals surface area contributed by atoms with Gasteiger partial charge < -0.3 is 5.11 Å². The second-order valence-corrected chi connectivity index (χ2v) is 3.44. The zero-order chi connectivity index (χ0) is 9.68. The van der Waals surface area contributed by atoms with Crippen LogP contribution >= 0.6 is 11.6 Å². The molecule has 0 unspecified atom stereocenters. The third-order valence-electron chi connectivity index (χ3n) is 1.88. The Hall–Kier alpha value is -0.790. The van der Waals surface area contributed by atoms with Crippen LogP contribution in [0, 0.1) is 0 Å². The molecule has 0 radical (unpaired) electrons. The molecule has 1 N–H and O–H groups in total. The number of hydrogen-bond donors (Lipinski definition) is 1. The highest BCUT2D eigenvalue weighted by Gasteiger charge is 2.12. The van der Waals surface area contributed by atoms with E-state index in [2.05, 4.69) is 6.58 Å². The fraction of sp³-hybridized carbons (Fsp3) is 0.273. The predicted octanol–water partition coefficient (Wildman–Crippen LogP) is 2.38. The van der Waals surface area contributed by atoms with E-state index in [9.17, 15) is 5.11 Å². The van der Waals surface area contributed by atoms with E-state index in [4.69, 9.17) is 11.6 Å². The van der Waals surface area contributed by atoms with Crippen molar-refractivity contribution in [1.82, 2.24) is 0 Å². The van der Waals surface area contributed by atoms with E-state index in [0.717, 1.165) is 5.56 Å². The first-order valence-electron chi connectivity index (χ1n) is 4.22. The zero-order valence-electron chi connectivity index (χ0n) is 7.36. The van der Waals surface area contributed by atoms with Gasteiger partial charge in [0.1, 0.15) is 0 Å². The Morgan fingerprint density at radius 3 is 2.54 bits per heavy atom. The van der Waals surface area contributed by atoms with E-state index >= 15 is 0 Å². The Morgan fingerprint density at radius 2 is 2.00 bits per heavy atom. The molecule has 0 amide bonds. The van der Waals surface area contributed by atoms with Crippen molar-refractivity contribution < 1.29 is 5.11 Å². The van der Waals surface area contributed by atoms with Crippen molar-refractivity contribution in [2.45, 2.75) is 17.9 Å². The SMILES string of the molecule is C=C[C@@H](Cl)[C@H](O)Cc1ccccc1. The van der Waals surface area contributed by atoms with E-state index in [1.165, 1.54) is 0 Å². The molecule has 0 bridgehead atoms. The molecule has 0 heterocycles. The molecule has 13 heavy (non-hydrogen) atoms. The van der Waals surface area contributed by atoms with Gasteiger partial charge in [-0.2, -0.15) is 0 Å². The van der Waals surface area contributed by atoms with Crippen LogP contribution in [0.15, 0.2) is 43.0 Å². The third-order valence-corrected chi connectivity index (χ3v) is 2.35. The van der Waals surface area contributed by atoms with Gasteiger partial charge in [0.25, 0.3) is 0 Å². The first kappa shape index (κ1) is 10.3. The van der Waals surface area contributed by atoms with Gasteiger partial charge in [-0.3, -0.25) is 0 Å². The molecule has 0 spiro atoms. The van der Waals surface area contributed by atoms with Gasteiger partial charge in [-0.15, -0.1) is 18.2 Å². The van der Waals surface area contributed by atoms with Crippen molar-refractivity contribution >= 4 is 11.6 Å². The highest BCUT2D eigenvalue weighted by molar-refractivity contribution is 6.22. The van der Waals surface area contributed by atoms with Crippen molar-refractivity contribution in [2.24, 2.45) is 0 Å². The molecule has 1 nitrogen and oxygen atoms in total. The molecule has 0 saturated heterocycles. The van der Waals surface area contributed by atoms with Crippen LogP contribution in [0.25, 0.3) is 0 Å². The van der Waals surface area contributed by atoms with E-state index in [0.29, 0.717) is 6.42 Å². The number of aliphatic hydroxyl groups is 1. The largest absolute Gasteiger partial charge is 0.391 e. The number of rotatable bonds is 4. The van der Waals surface area contributed by atoms with Crippen molar-refractivity contribution in [1.29, 1.82) is 0 Å². The monoisotopic (exact) mass is 196 g/mol. The molecule has 0 aromatic heterocycles. The van der Waals surface area contributed by atoms with Crippen molar-refractivity contribution in [2.75, 3.05) is 0 Å². The number of alkyl halides is 1. The van der Waals surface area contributed by atoms with E-state index in [-0.39, 0.29) is 5.38 Å². The molecule has 0 saturated carbocycles. The molecular weight excluding hydrogens is 184 g/mol. The summed E-state index contributed by atoms with van der Waals surface area (Å²) in [6.07, 6.45) is 1.57. The summed E-state index contributed by atoms with van der Waals surface area (Å²) in [7, 11) is 0. The average molecular weight is 197 g/mol. The summed E-state index contributed by atoms with van der Waals surface area (Å²) in [6.45, 7) is 3.53. The molecule has 2 heteroatoms. The molecule has 0 aliphatic carbocycles. The molecule has 1 rings (SSSR count). The zero-order valence-corrected chi connectivity index (χ0v) is 8.11. The summed E-state index contributed by atoms with van der Waals surface area (Å²) >= 11 is 5.80. The summed E-state index contributed by atoms with van der Waals surface area (Å²) in [5.74, 6) is 0. The Balaban J connectivity index is 2.54. The van der Waals surface area contributed by atoms with E-state index < -0.39 is 6.10 Å². The minimum atomic E-state index is -0.554. The lowest BCUT2D eigenvalue weighted by molar-refractivity contribution is 0.181. The van der Waals surface area contributed by atoms with Gasteiger partial charge in [0, 0.05) is 6.42 Å². The fourth-order valence-corrected chi connectivity index (χ4v) is 1.21. The van der Waals surface area contributed by atoms with Crippen LogP contribution in [0.4, 0.5) is 0 Å². The maximum atomic E-state index is 9.57. The molecule has 70 valence electrons. The standard InChI is InChI=1S/C11H13ClO/c1-2-10(12)11(13)8-9-6-4-3-5-7-9/h2-7,10-11,13H,1,8H2/t10-,11-/m1/s1. The second-order valence-electron chi connectivity index (χ2n) is 2.94. The molecule has 0 aliphatic rings. The lowest BCUT2D eigenvalue weighted by Gasteiger charge is -2.12. The van der Waals surface area contributed by atoms with Gasteiger partial charge in [0.2, 0.25) is 0 Å². The lowest BCUT2D eigenvalue weighted by Crippen LogP contribution is -2.21. The number of hydrogen-bond acceptors (Lipinski definition) is 1. The smallest absolute Gasteiger partial charge is 0.0779 e. The van der Waals surface area contributed by atoms with Gasteiger partial charge in [-0.1, -0.05) is 36.4 Å². The van der Waals surface area contributed by atoms with Crippen LogP contribution in [0.3, 0.4) is 0 Å². The Labute approximate surface area is 83.7 Å². The molecule has 0 fully saturated rings. The summed E-state index contributed by atoms with van der Waals surface area (Å²) in [5, 5.41) is 9.19. The molecule has 1 aromatic rings. The quantitative estimate of drug-likeness (QED) is 0.579. The minimum Gasteiger partial charge on any atom is -0.391 e. The Bertz CT molecular complexity index is 258. The summed E-state index contributed by atoms with van der Waals surface area (Å²) in [6, 6.07) is 9.77. The van der Waals surface area contributed by atoms with Gasteiger partial charge >= 0.3 is 0 Å². The normalized spacial score (nSPS) is 14.9. The van der Waals surface area contributed by atoms with Crippen LogP contribution in [0.1, 0.15) is 5.56 Å². The Kier molecular flexibility index (Phi) is 4.00. The van der Waals surface area contributed by atoms with Crippen LogP contribution < -0.4 is 0 Å². The highest BCUT2D eigenvalue weighted by Crippen LogP contribution is 2.10. The second kappa shape index (κ2) is 5.05. The van der Waals surface area contributed by atoms with Gasteiger partial charge in [0.05, 0.1) is 11.5 Å². The fourth-order valence-electron chi connectivity index (χ4n) is 1.13. The van der Waals surface area contributed by atoms with Crippen molar-refractivity contribution in [3.63, 3.8) is 0 Å². The maximum absolute atomic E-state index is 9.57. The van der Waals surface area contributed by atoms with Crippen LogP contribution in [0.2, 0.25) is 0 Å². The molecule has 2 atom stereocenters. The molecular formula is C11H13ClO. The lowest BCUT2D eigenvalue weighted by atomic mass is 10.1. The predicted molar refractivity (Wildman–Crippen MR) is 56.0 cm³/mol. The van der Waals surface area contributed by atoms with Crippen LogP contribution in [-0.4, -0.2) is 16.6 Å². The minimum absolute atomic E-state index is 0.375. The summed E-state index contributed by atoms with van der Waals surface area (Å²) < 4.78 is 0. The summed E-state index contributed by atoms with van der Waals surface area (Å²) in [5.41, 5.74) is 1.09. The van der Waals surface area contributed by atoms with Gasteiger partial charge in [-0.05, 0) is 5.56 Å². The maximum Gasteiger partial charge on any atom is 0.0779 e. The van der Waals surface area contributed by atoms with Crippen molar-refractivity contribution in [3.8, 4) is 0 Å². The van der Waals surface area contributed by atoms with Crippen LogP contribution in [0.5, 0.6) is 0 Å². The van der Waals surface area contributed by atoms with Crippen LogP contribution in [-0.2, 0) is 6.42 Å². The van der Waals surface area contributed by atoms with Gasteiger partial charge in [0.15, 0.2) is 0 Å². The average Bonchev–Trinajstić information content (AvgIpc) is 2.18. The Morgan fingerprint density at radius 1 is 1.38 bits per heavy atom. The summed E-state index contributed by atoms with van der Waals surface area (Å²) in [4.78, 5) is 0. The first-order valence-corrected chi connectivity index (χ1v) is 4.66. The third kappa shape index (κ3) is 3.21. The highest BCUT2D eigenvalue weighted by atomic mass is 35.5. The number of benzene rings is 1. The van der Waals surface area contributed by atoms with Gasteiger partial charge in [-0.25, -0.2) is 0 Å². The first-order chi connectivity index (χ1) is 6.24. The molecule has 1 aromatic carbocycles. The van der Waals surface area contributed by atoms with E-state index in [1.54, 1.807) is 6.08 Å².